The molecular formula is C46H74N2O3V. The van der Waals surface area contributed by atoms with Gasteiger partial charge in [-0.25, -0.2) is 0 Å². The Morgan fingerprint density at radius 3 is 1.56 bits per heavy atom. The van der Waals surface area contributed by atoms with Gasteiger partial charge in [-0.15, -0.1) is 5.75 Å². The average molecular weight is 754 g/mol. The van der Waals surface area contributed by atoms with E-state index in [9.17, 15) is 10.2 Å². The van der Waals surface area contributed by atoms with Gasteiger partial charge in [0.05, 0.1) is 6.04 Å². The molecule has 0 aliphatic heterocycles. The number of hydrogen-bond donors (Lipinski definition) is 0. The van der Waals surface area contributed by atoms with E-state index >= 15 is 0 Å². The summed E-state index contributed by atoms with van der Waals surface area (Å²) in [6.45, 7) is 39.7. The fourth-order valence-corrected chi connectivity index (χ4v) is 7.09. The van der Waals surface area contributed by atoms with Crippen molar-refractivity contribution in [1.29, 1.82) is 0 Å². The molecule has 1 aliphatic rings. The van der Waals surface area contributed by atoms with E-state index in [4.69, 9.17) is 8.67 Å². The summed E-state index contributed by atoms with van der Waals surface area (Å²) in [4.78, 5) is 7.78. The third kappa shape index (κ3) is 9.83. The Bertz CT molecular complexity index is 1500. The van der Waals surface area contributed by atoms with Gasteiger partial charge in [-0.3, -0.25) is 9.89 Å². The number of nitrogens with zero attached hydrogens (tertiary/aromatic N) is 2. The zero-order chi connectivity index (χ0) is 40.1. The van der Waals surface area contributed by atoms with Crippen molar-refractivity contribution in [3.8, 4) is 11.5 Å². The molecule has 0 bridgehead atoms. The van der Waals surface area contributed by atoms with E-state index in [-0.39, 0.29) is 45.2 Å². The van der Waals surface area contributed by atoms with Gasteiger partial charge in [0, 0.05) is 18.8 Å². The maximum absolute atomic E-state index is 14.4. The zero-order valence-corrected chi connectivity index (χ0v) is 37.6. The van der Waals surface area contributed by atoms with Crippen LogP contribution in [-0.4, -0.2) is 29.7 Å². The molecule has 1 fully saturated rings. The molecule has 0 radical (unpaired) electrons. The van der Waals surface area contributed by atoms with E-state index < -0.39 is 0 Å². The monoisotopic (exact) mass is 754 g/mol. The van der Waals surface area contributed by atoms with E-state index in [1.165, 1.54) is 11.1 Å². The van der Waals surface area contributed by atoms with Crippen molar-refractivity contribution in [3.05, 3.63) is 57.6 Å². The summed E-state index contributed by atoms with van der Waals surface area (Å²) in [5.41, 5.74) is 5.28. The van der Waals surface area contributed by atoms with Crippen LogP contribution in [0.4, 0.5) is 0 Å². The fourth-order valence-electron chi connectivity index (χ4n) is 7.09. The van der Waals surface area contributed by atoms with Crippen molar-refractivity contribution in [2.24, 2.45) is 28.7 Å². The topological polar surface area (TPSA) is 78.8 Å². The predicted molar refractivity (Wildman–Crippen MR) is 214 cm³/mol. The molecule has 0 amide bonds. The van der Waals surface area contributed by atoms with Crippen LogP contribution in [-0.2, 0) is 49.2 Å². The van der Waals surface area contributed by atoms with Crippen molar-refractivity contribution in [2.45, 2.75) is 184 Å². The van der Waals surface area contributed by atoms with Crippen LogP contribution in [0.15, 0.2) is 29.3 Å². The molecule has 0 unspecified atom stereocenters. The summed E-state index contributed by atoms with van der Waals surface area (Å²) in [6.07, 6.45) is 6.23. The average Bonchev–Trinajstić information content (AvgIpc) is 3.07. The second-order valence-corrected chi connectivity index (χ2v) is 19.2. The van der Waals surface area contributed by atoms with Crippen molar-refractivity contribution < 1.29 is 31.3 Å². The molecule has 2 aromatic rings. The van der Waals surface area contributed by atoms with Crippen LogP contribution in [0.1, 0.15) is 177 Å². The van der Waals surface area contributed by atoms with Gasteiger partial charge in [0.25, 0.3) is 0 Å². The van der Waals surface area contributed by atoms with E-state index in [0.717, 1.165) is 66.3 Å². The third-order valence-electron chi connectivity index (χ3n) is 14.3. The second kappa shape index (κ2) is 18.1. The van der Waals surface area contributed by atoms with Gasteiger partial charge in [-0.05, 0) is 98.1 Å². The Hall–Kier alpha value is -1.95. The zero-order valence-electron chi connectivity index (χ0n) is 36.2. The van der Waals surface area contributed by atoms with Crippen LogP contribution in [0.5, 0.6) is 11.5 Å². The minimum absolute atomic E-state index is 0.0589. The molecule has 1 aliphatic carbocycles. The molecule has 6 heteroatoms. The van der Waals surface area contributed by atoms with Crippen LogP contribution in [0.25, 0.3) is 0 Å². The summed E-state index contributed by atoms with van der Waals surface area (Å²) in [5.74, 6) is 1.81. The molecule has 2 atom stereocenters. The number of hydrogen-bond acceptors (Lipinski definition) is 5. The quantitative estimate of drug-likeness (QED) is 0.180. The summed E-state index contributed by atoms with van der Waals surface area (Å²) in [6, 6.07) is 9.03. The van der Waals surface area contributed by atoms with Crippen molar-refractivity contribution in [2.75, 3.05) is 6.54 Å². The van der Waals surface area contributed by atoms with Crippen molar-refractivity contribution in [3.63, 3.8) is 0 Å². The maximum atomic E-state index is 14.4. The van der Waals surface area contributed by atoms with Crippen LogP contribution in [0.3, 0.4) is 0 Å². The van der Waals surface area contributed by atoms with Gasteiger partial charge in [0.2, 0.25) is 0 Å². The molecule has 0 aromatic heterocycles. The first kappa shape index (κ1) is 46.2. The van der Waals surface area contributed by atoms with Crippen molar-refractivity contribution in [1.82, 2.24) is 4.90 Å². The van der Waals surface area contributed by atoms with Gasteiger partial charge in [-0.2, -0.15) is 0 Å². The number of benzene rings is 2. The number of likely N-dealkylation sites (N-methyl/N-ethyl adjacent to an activating group) is 1. The molecule has 0 spiro atoms. The Labute approximate surface area is 329 Å². The molecule has 0 saturated heterocycles. The first-order chi connectivity index (χ1) is 23.9. The fraction of sp³-hybridized carbons (Fsp3) is 0.717. The van der Waals surface area contributed by atoms with E-state index in [2.05, 4.69) is 147 Å². The predicted octanol–water partition coefficient (Wildman–Crippen LogP) is 10.7. The van der Waals surface area contributed by atoms with Crippen LogP contribution in [0.2, 0.25) is 0 Å². The molecule has 1 saturated carbocycles. The van der Waals surface area contributed by atoms with Gasteiger partial charge >= 0.3 is 21.0 Å². The van der Waals surface area contributed by atoms with Crippen LogP contribution < -0.4 is 10.2 Å². The Morgan fingerprint density at radius 1 is 0.692 bits per heavy atom. The molecule has 0 N–H and O–H groups in total. The minimum atomic E-state index is -0.257. The standard InChI is InChI=1S/C46H76N2O2.O.V/c1-18-48(28-34-24-36(44(12,13)30(4)5)26-38(42(34)50)46(16,17)32(8)9)40-22-20-19-21-39(40)47-27-33-23-35(43(10,11)29(2)3)25-37(41(33)49)45(14,15)31(6)7;;/h23-27,29-32,39-40,49-50H,18-22,28H2,1-17H3;;/q;;+2/p-2/t39-,40-;;/m1../s1. The van der Waals surface area contributed by atoms with E-state index in [1.807, 2.05) is 6.21 Å². The Balaban J connectivity index is 0.00000460. The number of aliphatic imine (C=N–C) groups is 1. The second-order valence-electron chi connectivity index (χ2n) is 19.2. The van der Waals surface area contributed by atoms with Gasteiger partial charge in [0.1, 0.15) is 0 Å². The van der Waals surface area contributed by atoms with Crippen molar-refractivity contribution >= 4 is 6.21 Å². The van der Waals surface area contributed by atoms with Crippen LogP contribution >= 0.6 is 0 Å². The van der Waals surface area contributed by atoms with Gasteiger partial charge in [0.15, 0.2) is 0 Å². The molecule has 0 heterocycles. The summed E-state index contributed by atoms with van der Waals surface area (Å²) < 4.78 is 8.19. The molecule has 5 nitrogen and oxygen atoms in total. The first-order valence-electron chi connectivity index (χ1n) is 20.1. The molecule has 2 aromatic carbocycles. The van der Waals surface area contributed by atoms with E-state index in [0.29, 0.717) is 35.8 Å². The van der Waals surface area contributed by atoms with Gasteiger partial charge in [-0.1, -0.05) is 161 Å². The molecular weight excluding hydrogens is 679 g/mol. The first-order valence-corrected chi connectivity index (χ1v) is 20.7. The van der Waals surface area contributed by atoms with E-state index in [1.54, 1.807) is 0 Å². The summed E-state index contributed by atoms with van der Waals surface area (Å²) >= 11 is 1.06. The summed E-state index contributed by atoms with van der Waals surface area (Å²) in [7, 11) is 0. The Kier molecular flexibility index (Phi) is 16.1. The SMILES string of the molecule is CCN(Cc1cc(C(C)(C)C(C)C)cc(C(C)(C)C(C)C)c1[O-])[C@@H]1CCCC[C@H]1N=Cc1cc(C(C)(C)C(C)C)cc(C(C)(C)C(C)C)c1[O-].[O]=[V+2]. The molecule has 52 heavy (non-hydrogen) atoms. The normalized spacial score (nSPS) is 17.9. The number of rotatable bonds is 14. The van der Waals surface area contributed by atoms with Gasteiger partial charge < -0.3 is 10.2 Å². The third-order valence-corrected chi connectivity index (χ3v) is 14.3. The molecule has 291 valence electrons. The summed E-state index contributed by atoms with van der Waals surface area (Å²) in [5, 5.41) is 28.5. The molecule has 3 rings (SSSR count). The Morgan fingerprint density at radius 2 is 1.12 bits per heavy atom. The van der Waals surface area contributed by atoms with Crippen LogP contribution in [0, 0.1) is 23.7 Å².